The van der Waals surface area contributed by atoms with Crippen molar-refractivity contribution in [3.63, 3.8) is 0 Å². The van der Waals surface area contributed by atoms with Crippen LogP contribution in [0.3, 0.4) is 0 Å². The highest BCUT2D eigenvalue weighted by Gasteiger charge is 2.41. The summed E-state index contributed by atoms with van der Waals surface area (Å²) in [5.74, 6) is 3.48. The maximum absolute atomic E-state index is 6.77. The van der Waals surface area contributed by atoms with Gasteiger partial charge < -0.3 is 9.47 Å². The van der Waals surface area contributed by atoms with Gasteiger partial charge in [-0.1, -0.05) is 66.7 Å². The summed E-state index contributed by atoms with van der Waals surface area (Å²) in [7, 11) is 0. The van der Waals surface area contributed by atoms with Crippen LogP contribution in [0.2, 0.25) is 0 Å². The Morgan fingerprint density at radius 2 is 1.28 bits per heavy atom. The molecule has 0 bridgehead atoms. The Kier molecular flexibility index (Phi) is 3.33. The van der Waals surface area contributed by atoms with Crippen molar-refractivity contribution in [3.05, 3.63) is 103 Å². The molecule has 0 saturated carbocycles. The van der Waals surface area contributed by atoms with E-state index in [1.54, 1.807) is 0 Å². The van der Waals surface area contributed by atoms with Crippen molar-refractivity contribution in [2.24, 2.45) is 0 Å². The van der Waals surface area contributed by atoms with E-state index in [0.29, 0.717) is 0 Å². The molecule has 9 rings (SSSR count). The first-order chi connectivity index (χ1) is 17.9. The minimum atomic E-state index is 0.0445. The van der Waals surface area contributed by atoms with Gasteiger partial charge in [0.25, 0.3) is 6.71 Å². The summed E-state index contributed by atoms with van der Waals surface area (Å²) in [6, 6.07) is 35.7. The molecule has 0 fully saturated rings. The number of rotatable bonds is 0. The fourth-order valence-electron chi connectivity index (χ4n) is 6.22. The first-order valence-corrected chi connectivity index (χ1v) is 12.2. The summed E-state index contributed by atoms with van der Waals surface area (Å²) < 4.78 is 15.6. The molecule has 36 heavy (non-hydrogen) atoms. The Morgan fingerprint density at radius 1 is 0.611 bits per heavy atom. The van der Waals surface area contributed by atoms with Gasteiger partial charge in [0, 0.05) is 21.6 Å². The van der Waals surface area contributed by atoms with E-state index in [0.717, 1.165) is 66.8 Å². The third kappa shape index (κ3) is 2.19. The number of hydrogen-bond acceptors (Lipinski definition) is 3. The molecular formula is C31H17BN2O2. The fraction of sp³-hybridized carbons (Fsp3) is 0. The van der Waals surface area contributed by atoms with E-state index in [-0.39, 0.29) is 6.71 Å². The second-order valence-corrected chi connectivity index (χ2v) is 9.53. The van der Waals surface area contributed by atoms with Crippen LogP contribution in [-0.2, 0) is 0 Å². The lowest BCUT2D eigenvalue weighted by atomic mass is 9.34. The zero-order valence-corrected chi connectivity index (χ0v) is 19.1. The number of pyridine rings is 1. The summed E-state index contributed by atoms with van der Waals surface area (Å²) >= 11 is 0. The van der Waals surface area contributed by atoms with Crippen molar-refractivity contribution < 1.29 is 9.47 Å². The molecule has 2 aliphatic rings. The lowest BCUT2D eigenvalue weighted by molar-refractivity contribution is 0.469. The third-order valence-corrected chi connectivity index (χ3v) is 7.68. The molecule has 0 unspecified atom stereocenters. The molecule has 0 aliphatic carbocycles. The number of imidazole rings is 1. The average molecular weight is 460 g/mol. The van der Waals surface area contributed by atoms with Gasteiger partial charge in [-0.25, -0.2) is 4.98 Å². The maximum Gasteiger partial charge on any atom is 0.260 e. The summed E-state index contributed by atoms with van der Waals surface area (Å²) in [6.07, 6.45) is 0. The van der Waals surface area contributed by atoms with Crippen LogP contribution in [0, 0.1) is 0 Å². The number of hydrogen-bond donors (Lipinski definition) is 0. The van der Waals surface area contributed by atoms with E-state index in [1.807, 2.05) is 18.2 Å². The van der Waals surface area contributed by atoms with Crippen LogP contribution in [0.4, 0.5) is 0 Å². The van der Waals surface area contributed by atoms with Crippen LogP contribution in [-0.4, -0.2) is 16.1 Å². The quantitative estimate of drug-likeness (QED) is 0.221. The fourth-order valence-corrected chi connectivity index (χ4v) is 6.22. The van der Waals surface area contributed by atoms with E-state index in [2.05, 4.69) is 89.3 Å². The maximum atomic E-state index is 6.77. The molecule has 2 aliphatic heterocycles. The van der Waals surface area contributed by atoms with Crippen molar-refractivity contribution in [3.8, 4) is 23.0 Å². The van der Waals surface area contributed by atoms with Crippen molar-refractivity contribution in [1.82, 2.24) is 9.38 Å². The van der Waals surface area contributed by atoms with Gasteiger partial charge in [0.1, 0.15) is 28.6 Å². The topological polar surface area (TPSA) is 35.8 Å². The van der Waals surface area contributed by atoms with E-state index < -0.39 is 0 Å². The monoisotopic (exact) mass is 460 g/mol. The molecule has 5 aromatic carbocycles. The third-order valence-electron chi connectivity index (χ3n) is 7.68. The van der Waals surface area contributed by atoms with Crippen molar-refractivity contribution in [2.75, 3.05) is 0 Å². The smallest absolute Gasteiger partial charge is 0.260 e. The minimum Gasteiger partial charge on any atom is -0.458 e. The van der Waals surface area contributed by atoms with Gasteiger partial charge in [-0.2, -0.15) is 0 Å². The Morgan fingerprint density at radius 3 is 2.11 bits per heavy atom. The summed E-state index contributed by atoms with van der Waals surface area (Å²) in [4.78, 5) is 5.10. The van der Waals surface area contributed by atoms with Crippen LogP contribution in [0.15, 0.2) is 103 Å². The van der Waals surface area contributed by atoms with Crippen LogP contribution >= 0.6 is 0 Å². The molecule has 166 valence electrons. The molecule has 0 radical (unpaired) electrons. The Balaban J connectivity index is 1.53. The van der Waals surface area contributed by atoms with Gasteiger partial charge in [0.15, 0.2) is 0 Å². The number of para-hydroxylation sites is 5. The second kappa shape index (κ2) is 6.46. The molecule has 0 atom stereocenters. The van der Waals surface area contributed by atoms with E-state index in [9.17, 15) is 0 Å². The van der Waals surface area contributed by atoms with Gasteiger partial charge in [0.05, 0.1) is 16.6 Å². The molecule has 4 heterocycles. The van der Waals surface area contributed by atoms with Gasteiger partial charge in [-0.3, -0.25) is 4.40 Å². The minimum absolute atomic E-state index is 0.0445. The highest BCUT2D eigenvalue weighted by Crippen LogP contribution is 2.44. The number of benzene rings is 5. The standard InChI is InChI=1S/C31H17BN2O2/c1-5-13-23-18(9-1)28-19(31-33-22-12-4-6-14-24(22)34(23)31)17-27-29-30(28)36-26-16-8-3-11-21(26)32(29)20-10-2-7-15-25(20)35-27/h1-17H. The lowest BCUT2D eigenvalue weighted by Gasteiger charge is -2.33. The molecule has 0 spiro atoms. The zero-order chi connectivity index (χ0) is 23.4. The van der Waals surface area contributed by atoms with E-state index in [1.165, 1.54) is 10.9 Å². The van der Waals surface area contributed by atoms with Gasteiger partial charge >= 0.3 is 0 Å². The predicted octanol–water partition coefficient (Wildman–Crippen LogP) is 5.52. The molecule has 0 N–H and O–H groups in total. The molecule has 7 aromatic rings. The van der Waals surface area contributed by atoms with Crippen molar-refractivity contribution in [2.45, 2.75) is 0 Å². The normalized spacial score (nSPS) is 13.4. The van der Waals surface area contributed by atoms with Gasteiger partial charge in [-0.05, 0) is 47.3 Å². The van der Waals surface area contributed by atoms with Crippen molar-refractivity contribution in [1.29, 1.82) is 0 Å². The highest BCUT2D eigenvalue weighted by molar-refractivity contribution is 6.98. The number of ether oxygens (including phenoxy) is 2. The predicted molar refractivity (Wildman–Crippen MR) is 145 cm³/mol. The Bertz CT molecular complexity index is 2070. The molecule has 5 heteroatoms. The number of nitrogens with zero attached hydrogens (tertiary/aromatic N) is 2. The first-order valence-electron chi connectivity index (χ1n) is 12.2. The molecule has 4 nitrogen and oxygen atoms in total. The van der Waals surface area contributed by atoms with Crippen LogP contribution < -0.4 is 25.9 Å². The summed E-state index contributed by atoms with van der Waals surface area (Å²) in [5.41, 5.74) is 7.50. The van der Waals surface area contributed by atoms with Gasteiger partial charge in [0.2, 0.25) is 0 Å². The van der Waals surface area contributed by atoms with Crippen LogP contribution in [0.5, 0.6) is 23.0 Å². The lowest BCUT2D eigenvalue weighted by Crippen LogP contribution is -2.57. The van der Waals surface area contributed by atoms with Crippen LogP contribution in [0.25, 0.3) is 38.4 Å². The SMILES string of the molecule is c1ccc2c(c1)Oc1cc3c(c4c1B2c1ccccc1O4)c1ccccc1n1c2ccccc2nc31. The number of aromatic nitrogens is 2. The Labute approximate surface area is 206 Å². The molecule has 2 aromatic heterocycles. The van der Waals surface area contributed by atoms with E-state index >= 15 is 0 Å². The number of fused-ring (bicyclic) bond motifs is 13. The summed E-state index contributed by atoms with van der Waals surface area (Å²) in [6.45, 7) is 0.0445. The van der Waals surface area contributed by atoms with Gasteiger partial charge in [-0.15, -0.1) is 0 Å². The largest absolute Gasteiger partial charge is 0.458 e. The molecular weight excluding hydrogens is 443 g/mol. The summed E-state index contributed by atoms with van der Waals surface area (Å²) in [5, 5.41) is 3.24. The van der Waals surface area contributed by atoms with Crippen LogP contribution in [0.1, 0.15) is 0 Å². The zero-order valence-electron chi connectivity index (χ0n) is 19.1. The average Bonchev–Trinajstić information content (AvgIpc) is 3.33. The second-order valence-electron chi connectivity index (χ2n) is 9.53. The van der Waals surface area contributed by atoms with E-state index in [4.69, 9.17) is 14.5 Å². The highest BCUT2D eigenvalue weighted by atomic mass is 16.5. The van der Waals surface area contributed by atoms with Crippen molar-refractivity contribution >= 4 is 61.5 Å². The Hall–Kier alpha value is -4.77. The molecule has 0 saturated heterocycles. The molecule has 0 amide bonds. The first kappa shape index (κ1) is 18.5.